The number of carbonyl (C=O) groups excluding carboxylic acids is 1. The molecule has 0 heterocycles. The third-order valence-corrected chi connectivity index (χ3v) is 4.33. The molecular weight excluding hydrogens is 354 g/mol. The number of phenols is 1. The van der Waals surface area contributed by atoms with Crippen LogP contribution in [0.25, 0.3) is 0 Å². The monoisotopic (exact) mass is 367 g/mol. The van der Waals surface area contributed by atoms with Crippen molar-refractivity contribution in [2.24, 2.45) is 0 Å². The largest absolute Gasteiger partial charge is 0.507 e. The van der Waals surface area contributed by atoms with Crippen LogP contribution in [0.5, 0.6) is 5.75 Å². The first-order valence-corrected chi connectivity index (χ1v) is 7.58. The van der Waals surface area contributed by atoms with Gasteiger partial charge < -0.3 is 10.0 Å². The summed E-state index contributed by atoms with van der Waals surface area (Å²) in [5.41, 5.74) is 1.40. The number of hydrogen-bond acceptors (Lipinski definition) is 2. The number of aromatic hydroxyl groups is 1. The lowest BCUT2D eigenvalue weighted by atomic mass is 10.1. The van der Waals surface area contributed by atoms with Crippen LogP contribution in [0.15, 0.2) is 46.9 Å². The van der Waals surface area contributed by atoms with Crippen molar-refractivity contribution < 1.29 is 9.90 Å². The van der Waals surface area contributed by atoms with Gasteiger partial charge >= 0.3 is 0 Å². The third-order valence-electron chi connectivity index (χ3n) is 3.43. The molecule has 21 heavy (non-hydrogen) atoms. The van der Waals surface area contributed by atoms with Gasteiger partial charge in [0.15, 0.2) is 0 Å². The topological polar surface area (TPSA) is 40.5 Å². The van der Waals surface area contributed by atoms with E-state index in [-0.39, 0.29) is 17.7 Å². The van der Waals surface area contributed by atoms with E-state index in [0.717, 1.165) is 5.56 Å². The van der Waals surface area contributed by atoms with E-state index in [9.17, 15) is 9.90 Å². The summed E-state index contributed by atoms with van der Waals surface area (Å²) in [7, 11) is 1.73. The standard InChI is InChI=1S/C16H15BrClNO2/c1-10(11-4-3-5-13(18)8-11)19(2)16(21)12-6-7-14(17)15(20)9-12/h3-10,20H,1-2H3. The maximum atomic E-state index is 12.5. The summed E-state index contributed by atoms with van der Waals surface area (Å²) in [6.45, 7) is 1.93. The van der Waals surface area contributed by atoms with Crippen molar-refractivity contribution in [3.8, 4) is 5.75 Å². The molecule has 2 aromatic carbocycles. The summed E-state index contributed by atoms with van der Waals surface area (Å²) in [6.07, 6.45) is 0. The Balaban J connectivity index is 2.24. The maximum absolute atomic E-state index is 12.5. The molecule has 1 unspecified atom stereocenters. The number of benzene rings is 2. The highest BCUT2D eigenvalue weighted by Gasteiger charge is 2.19. The lowest BCUT2D eigenvalue weighted by Gasteiger charge is -2.25. The van der Waals surface area contributed by atoms with E-state index in [4.69, 9.17) is 11.6 Å². The minimum atomic E-state index is -0.162. The molecule has 0 aliphatic carbocycles. The molecular formula is C16H15BrClNO2. The van der Waals surface area contributed by atoms with Crippen LogP contribution in [-0.4, -0.2) is 23.0 Å². The molecule has 3 nitrogen and oxygen atoms in total. The van der Waals surface area contributed by atoms with Crippen LogP contribution in [0.4, 0.5) is 0 Å². The molecule has 5 heteroatoms. The lowest BCUT2D eigenvalue weighted by Crippen LogP contribution is -2.29. The molecule has 0 bridgehead atoms. The quantitative estimate of drug-likeness (QED) is 0.857. The fourth-order valence-electron chi connectivity index (χ4n) is 2.02. The Kier molecular flexibility index (Phi) is 4.91. The summed E-state index contributed by atoms with van der Waals surface area (Å²) in [4.78, 5) is 14.1. The van der Waals surface area contributed by atoms with Gasteiger partial charge in [0.2, 0.25) is 0 Å². The lowest BCUT2D eigenvalue weighted by molar-refractivity contribution is 0.0742. The smallest absolute Gasteiger partial charge is 0.254 e. The molecule has 0 aromatic heterocycles. The van der Waals surface area contributed by atoms with Gasteiger partial charge in [0.25, 0.3) is 5.91 Å². The summed E-state index contributed by atoms with van der Waals surface area (Å²) >= 11 is 9.19. The Bertz CT molecular complexity index is 675. The Morgan fingerprint density at radius 3 is 2.62 bits per heavy atom. The van der Waals surface area contributed by atoms with Crippen molar-refractivity contribution in [1.82, 2.24) is 4.90 Å². The molecule has 110 valence electrons. The third kappa shape index (κ3) is 3.57. The van der Waals surface area contributed by atoms with Gasteiger partial charge in [-0.1, -0.05) is 23.7 Å². The molecule has 0 saturated carbocycles. The zero-order chi connectivity index (χ0) is 15.6. The van der Waals surface area contributed by atoms with Crippen molar-refractivity contribution in [1.29, 1.82) is 0 Å². The van der Waals surface area contributed by atoms with Crippen molar-refractivity contribution in [3.63, 3.8) is 0 Å². The van der Waals surface area contributed by atoms with Gasteiger partial charge in [-0.3, -0.25) is 4.79 Å². The Hall–Kier alpha value is -1.52. The summed E-state index contributed by atoms with van der Waals surface area (Å²) in [5.74, 6) is -0.116. The van der Waals surface area contributed by atoms with Gasteiger partial charge in [-0.15, -0.1) is 0 Å². The van der Waals surface area contributed by atoms with Gasteiger partial charge in [0, 0.05) is 17.6 Å². The van der Waals surface area contributed by atoms with Gasteiger partial charge in [0.1, 0.15) is 5.75 Å². The molecule has 0 aliphatic rings. The first-order valence-electron chi connectivity index (χ1n) is 6.41. The average Bonchev–Trinajstić information content (AvgIpc) is 2.47. The maximum Gasteiger partial charge on any atom is 0.254 e. The molecule has 2 aromatic rings. The van der Waals surface area contributed by atoms with Crippen LogP contribution in [0.2, 0.25) is 5.02 Å². The zero-order valence-corrected chi connectivity index (χ0v) is 14.0. The van der Waals surface area contributed by atoms with Crippen molar-refractivity contribution in [2.75, 3.05) is 7.05 Å². The predicted octanol–water partition coefficient (Wildman–Crippen LogP) is 4.64. The van der Waals surface area contributed by atoms with Crippen LogP contribution >= 0.6 is 27.5 Å². The number of hydrogen-bond donors (Lipinski definition) is 1. The number of halogens is 2. The molecule has 2 rings (SSSR count). The molecule has 0 radical (unpaired) electrons. The highest BCUT2D eigenvalue weighted by molar-refractivity contribution is 9.10. The van der Waals surface area contributed by atoms with Gasteiger partial charge in [-0.05, 0) is 58.7 Å². The number of carbonyl (C=O) groups is 1. The van der Waals surface area contributed by atoms with Crippen molar-refractivity contribution >= 4 is 33.4 Å². The Morgan fingerprint density at radius 1 is 1.29 bits per heavy atom. The highest BCUT2D eigenvalue weighted by atomic mass is 79.9. The van der Waals surface area contributed by atoms with E-state index in [1.165, 1.54) is 6.07 Å². The van der Waals surface area contributed by atoms with E-state index < -0.39 is 0 Å². The number of rotatable bonds is 3. The fraction of sp³-hybridized carbons (Fsp3) is 0.188. The second kappa shape index (κ2) is 6.50. The first kappa shape index (κ1) is 15.9. The molecule has 0 aliphatic heterocycles. The van der Waals surface area contributed by atoms with E-state index in [0.29, 0.717) is 15.1 Å². The molecule has 1 amide bonds. The Morgan fingerprint density at radius 2 is 2.00 bits per heavy atom. The fourth-order valence-corrected chi connectivity index (χ4v) is 2.46. The summed E-state index contributed by atoms with van der Waals surface area (Å²) in [6, 6.07) is 12.1. The van der Waals surface area contributed by atoms with Gasteiger partial charge in [0.05, 0.1) is 10.5 Å². The molecule has 0 fully saturated rings. The second-order valence-electron chi connectivity index (χ2n) is 4.81. The molecule has 1 N–H and O–H groups in total. The number of phenolic OH excluding ortho intramolecular Hbond substituents is 1. The number of nitrogens with zero attached hydrogens (tertiary/aromatic N) is 1. The van der Waals surface area contributed by atoms with E-state index in [1.54, 1.807) is 30.1 Å². The molecule has 0 spiro atoms. The molecule has 1 atom stereocenters. The minimum absolute atomic E-state index is 0.0460. The SMILES string of the molecule is CC(c1cccc(Cl)c1)N(C)C(=O)c1ccc(Br)c(O)c1. The van der Waals surface area contributed by atoms with Crippen LogP contribution in [0.3, 0.4) is 0 Å². The summed E-state index contributed by atoms with van der Waals surface area (Å²) in [5, 5.41) is 10.3. The normalized spacial score (nSPS) is 12.0. The molecule has 0 saturated heterocycles. The average molecular weight is 369 g/mol. The van der Waals surface area contributed by atoms with Gasteiger partial charge in [-0.2, -0.15) is 0 Å². The number of amides is 1. The van der Waals surface area contributed by atoms with Crippen LogP contribution in [-0.2, 0) is 0 Å². The second-order valence-corrected chi connectivity index (χ2v) is 6.10. The van der Waals surface area contributed by atoms with Gasteiger partial charge in [-0.25, -0.2) is 0 Å². The summed E-state index contributed by atoms with van der Waals surface area (Å²) < 4.78 is 0.560. The van der Waals surface area contributed by atoms with Crippen molar-refractivity contribution in [2.45, 2.75) is 13.0 Å². The van der Waals surface area contributed by atoms with Crippen LogP contribution < -0.4 is 0 Å². The predicted molar refractivity (Wildman–Crippen MR) is 87.8 cm³/mol. The first-order chi connectivity index (χ1) is 9.90. The van der Waals surface area contributed by atoms with Crippen LogP contribution in [0, 0.1) is 0 Å². The highest BCUT2D eigenvalue weighted by Crippen LogP contribution is 2.27. The Labute approximate surface area is 137 Å². The minimum Gasteiger partial charge on any atom is -0.507 e. The van der Waals surface area contributed by atoms with Crippen molar-refractivity contribution in [3.05, 3.63) is 63.1 Å². The zero-order valence-electron chi connectivity index (χ0n) is 11.7. The van der Waals surface area contributed by atoms with Crippen LogP contribution in [0.1, 0.15) is 28.9 Å². The van der Waals surface area contributed by atoms with E-state index in [2.05, 4.69) is 15.9 Å². The van der Waals surface area contributed by atoms with E-state index in [1.807, 2.05) is 25.1 Å². The van der Waals surface area contributed by atoms with E-state index >= 15 is 0 Å².